The second-order valence-corrected chi connectivity index (χ2v) is 8.09. The van der Waals surface area contributed by atoms with E-state index in [2.05, 4.69) is 15.9 Å². The zero-order valence-electron chi connectivity index (χ0n) is 10.7. The Morgan fingerprint density at radius 2 is 1.81 bits per heavy atom. The highest BCUT2D eigenvalue weighted by Crippen LogP contribution is 2.37. The summed E-state index contributed by atoms with van der Waals surface area (Å²) in [6.45, 7) is 0.296. The average molecular weight is 410 g/mol. The van der Waals surface area contributed by atoms with Crippen LogP contribution < -0.4 is 4.74 Å². The molecular formula is C14H11BrCl2O3S. The lowest BCUT2D eigenvalue weighted by Crippen LogP contribution is -2.05. The van der Waals surface area contributed by atoms with Gasteiger partial charge in [-0.1, -0.05) is 57.9 Å². The number of ether oxygens (including phenoxy) is 1. The summed E-state index contributed by atoms with van der Waals surface area (Å²) in [5.74, 6) is 0.0748. The lowest BCUT2D eigenvalue weighted by molar-refractivity contribution is 0.314. The van der Waals surface area contributed by atoms with Gasteiger partial charge in [-0.15, -0.1) is 0 Å². The average Bonchev–Trinajstić information content (AvgIpc) is 2.41. The minimum atomic E-state index is -3.94. The third kappa shape index (κ3) is 4.61. The number of hydrogen-bond donors (Lipinski definition) is 0. The molecule has 0 unspecified atom stereocenters. The maximum atomic E-state index is 11.6. The van der Waals surface area contributed by atoms with E-state index in [9.17, 15) is 8.42 Å². The predicted octanol–water partition coefficient (Wildman–Crippen LogP) is 4.65. The Bertz CT molecular complexity index is 733. The lowest BCUT2D eigenvalue weighted by atomic mass is 10.2. The van der Waals surface area contributed by atoms with E-state index in [1.165, 1.54) is 6.07 Å². The number of rotatable bonds is 5. The fourth-order valence-corrected chi connectivity index (χ4v) is 3.85. The Morgan fingerprint density at radius 3 is 2.43 bits per heavy atom. The molecule has 0 saturated heterocycles. The molecule has 2 aromatic rings. The summed E-state index contributed by atoms with van der Waals surface area (Å²) in [6, 6.07) is 12.6. The van der Waals surface area contributed by atoms with Gasteiger partial charge < -0.3 is 4.74 Å². The van der Waals surface area contributed by atoms with Gasteiger partial charge in [0.25, 0.3) is 9.05 Å². The molecule has 0 bridgehead atoms. The van der Waals surface area contributed by atoms with E-state index in [4.69, 9.17) is 27.0 Å². The van der Waals surface area contributed by atoms with Crippen molar-refractivity contribution in [3.05, 3.63) is 57.5 Å². The zero-order chi connectivity index (χ0) is 15.5. The van der Waals surface area contributed by atoms with Gasteiger partial charge in [-0.05, 0) is 17.7 Å². The van der Waals surface area contributed by atoms with Crippen LogP contribution in [0.1, 0.15) is 5.56 Å². The SMILES string of the molecule is O=S(=O)(Cl)c1cc(Br)cc(Cl)c1OCCc1ccccc1. The van der Waals surface area contributed by atoms with Crippen LogP contribution in [0.5, 0.6) is 5.75 Å². The predicted molar refractivity (Wildman–Crippen MR) is 87.8 cm³/mol. The van der Waals surface area contributed by atoms with Crippen molar-refractivity contribution < 1.29 is 13.2 Å². The second kappa shape index (κ2) is 7.01. The van der Waals surface area contributed by atoms with Gasteiger partial charge in [0.1, 0.15) is 4.90 Å². The summed E-state index contributed by atoms with van der Waals surface area (Å²) >= 11 is 9.23. The molecule has 2 rings (SSSR count). The van der Waals surface area contributed by atoms with E-state index in [0.29, 0.717) is 17.5 Å². The van der Waals surface area contributed by atoms with Crippen LogP contribution in [-0.4, -0.2) is 15.0 Å². The van der Waals surface area contributed by atoms with Gasteiger partial charge in [0.2, 0.25) is 0 Å². The molecule has 0 fully saturated rings. The van der Waals surface area contributed by atoms with Gasteiger partial charge in [-0.2, -0.15) is 0 Å². The molecule has 0 amide bonds. The number of benzene rings is 2. The van der Waals surface area contributed by atoms with Gasteiger partial charge in [0, 0.05) is 21.6 Å². The molecule has 0 aliphatic carbocycles. The molecule has 112 valence electrons. The van der Waals surface area contributed by atoms with Crippen molar-refractivity contribution in [2.24, 2.45) is 0 Å². The third-order valence-electron chi connectivity index (χ3n) is 2.72. The summed E-state index contributed by atoms with van der Waals surface area (Å²) in [4.78, 5) is -0.142. The van der Waals surface area contributed by atoms with Gasteiger partial charge in [0.05, 0.1) is 11.6 Å². The standard InChI is InChI=1S/C14H11BrCl2O3S/c15-11-8-12(16)14(13(9-11)21(17,18)19)20-7-6-10-4-2-1-3-5-10/h1-5,8-9H,6-7H2. The Hall–Kier alpha value is -0.750. The third-order valence-corrected chi connectivity index (χ3v) is 4.78. The molecule has 0 aliphatic heterocycles. The van der Waals surface area contributed by atoms with Crippen molar-refractivity contribution in [3.63, 3.8) is 0 Å². The minimum absolute atomic E-state index is 0.0748. The summed E-state index contributed by atoms with van der Waals surface area (Å²) < 4.78 is 29.2. The van der Waals surface area contributed by atoms with Crippen LogP contribution in [0, 0.1) is 0 Å². The Labute approximate surface area is 141 Å². The van der Waals surface area contributed by atoms with E-state index < -0.39 is 9.05 Å². The largest absolute Gasteiger partial charge is 0.490 e. The van der Waals surface area contributed by atoms with Crippen LogP contribution in [-0.2, 0) is 15.5 Å². The Kier molecular flexibility index (Phi) is 5.54. The highest BCUT2D eigenvalue weighted by atomic mass is 79.9. The maximum absolute atomic E-state index is 11.6. The van der Waals surface area contributed by atoms with Crippen LogP contribution in [0.3, 0.4) is 0 Å². The topological polar surface area (TPSA) is 43.4 Å². The van der Waals surface area contributed by atoms with Crippen LogP contribution >= 0.6 is 38.2 Å². The molecular weight excluding hydrogens is 399 g/mol. The molecule has 21 heavy (non-hydrogen) atoms. The monoisotopic (exact) mass is 408 g/mol. The molecule has 0 radical (unpaired) electrons. The molecule has 7 heteroatoms. The summed E-state index contributed by atoms with van der Waals surface area (Å²) in [7, 11) is 1.48. The van der Waals surface area contributed by atoms with Crippen molar-refractivity contribution in [2.75, 3.05) is 6.61 Å². The Balaban J connectivity index is 2.20. The highest BCUT2D eigenvalue weighted by Gasteiger charge is 2.21. The fraction of sp³-hybridized carbons (Fsp3) is 0.143. The first-order valence-corrected chi connectivity index (χ1v) is 9.46. The molecule has 0 atom stereocenters. The molecule has 3 nitrogen and oxygen atoms in total. The summed E-state index contributed by atoms with van der Waals surface area (Å²) in [5, 5.41) is 0.191. The van der Waals surface area contributed by atoms with E-state index in [1.54, 1.807) is 6.07 Å². The molecule has 0 N–H and O–H groups in total. The molecule has 2 aromatic carbocycles. The molecule has 0 heterocycles. The smallest absolute Gasteiger partial charge is 0.265 e. The van der Waals surface area contributed by atoms with Crippen molar-refractivity contribution in [2.45, 2.75) is 11.3 Å². The summed E-state index contributed by atoms with van der Waals surface area (Å²) in [5.41, 5.74) is 1.08. The van der Waals surface area contributed by atoms with E-state index in [-0.39, 0.29) is 15.7 Å². The molecule has 0 saturated carbocycles. The zero-order valence-corrected chi connectivity index (χ0v) is 14.6. The molecule has 0 spiro atoms. The van der Waals surface area contributed by atoms with Gasteiger partial charge in [0.15, 0.2) is 5.75 Å². The first-order valence-electron chi connectivity index (χ1n) is 5.98. The first kappa shape index (κ1) is 16.6. The van der Waals surface area contributed by atoms with E-state index in [1.807, 2.05) is 30.3 Å². The van der Waals surface area contributed by atoms with Crippen molar-refractivity contribution in [1.29, 1.82) is 0 Å². The summed E-state index contributed by atoms with van der Waals surface area (Å²) in [6.07, 6.45) is 0.634. The molecule has 0 aliphatic rings. The lowest BCUT2D eigenvalue weighted by Gasteiger charge is -2.12. The number of hydrogen-bond acceptors (Lipinski definition) is 3. The van der Waals surface area contributed by atoms with Gasteiger partial charge >= 0.3 is 0 Å². The minimum Gasteiger partial charge on any atom is -0.490 e. The van der Waals surface area contributed by atoms with E-state index >= 15 is 0 Å². The molecule has 0 aromatic heterocycles. The van der Waals surface area contributed by atoms with Crippen LogP contribution in [0.2, 0.25) is 5.02 Å². The van der Waals surface area contributed by atoms with Crippen LogP contribution in [0.15, 0.2) is 51.8 Å². The highest BCUT2D eigenvalue weighted by molar-refractivity contribution is 9.10. The Morgan fingerprint density at radius 1 is 1.14 bits per heavy atom. The van der Waals surface area contributed by atoms with Gasteiger partial charge in [-0.3, -0.25) is 0 Å². The van der Waals surface area contributed by atoms with Gasteiger partial charge in [-0.25, -0.2) is 8.42 Å². The number of halogens is 3. The second-order valence-electron chi connectivity index (χ2n) is 4.24. The van der Waals surface area contributed by atoms with E-state index in [0.717, 1.165) is 5.56 Å². The van der Waals surface area contributed by atoms with Crippen LogP contribution in [0.25, 0.3) is 0 Å². The van der Waals surface area contributed by atoms with Crippen molar-refractivity contribution >= 4 is 47.3 Å². The van der Waals surface area contributed by atoms with Crippen LogP contribution in [0.4, 0.5) is 0 Å². The normalized spacial score (nSPS) is 11.4. The maximum Gasteiger partial charge on any atom is 0.265 e. The van der Waals surface area contributed by atoms with Crippen molar-refractivity contribution in [3.8, 4) is 5.75 Å². The first-order chi connectivity index (χ1) is 9.88. The fourth-order valence-electron chi connectivity index (χ4n) is 1.77. The van der Waals surface area contributed by atoms with Crippen molar-refractivity contribution in [1.82, 2.24) is 0 Å². The quantitative estimate of drug-likeness (QED) is 0.675.